The first-order valence-electron chi connectivity index (χ1n) is 6.53. The first-order chi connectivity index (χ1) is 8.88. The van der Waals surface area contributed by atoms with Crippen molar-refractivity contribution in [1.82, 2.24) is 15.3 Å². The van der Waals surface area contributed by atoms with Gasteiger partial charge in [0.25, 0.3) is 0 Å². The molecule has 0 spiro atoms. The van der Waals surface area contributed by atoms with E-state index in [1.807, 2.05) is 24.4 Å². The minimum Gasteiger partial charge on any atom is -0.309 e. The Balaban J connectivity index is 1.96. The second-order valence-electron chi connectivity index (χ2n) is 4.55. The summed E-state index contributed by atoms with van der Waals surface area (Å²) in [7, 11) is 0. The van der Waals surface area contributed by atoms with Gasteiger partial charge in [0, 0.05) is 17.1 Å². The number of hydrogen-bond donors (Lipinski definition) is 1. The van der Waals surface area contributed by atoms with Gasteiger partial charge in [-0.05, 0) is 37.9 Å². The van der Waals surface area contributed by atoms with E-state index in [9.17, 15) is 0 Å². The third kappa shape index (κ3) is 2.18. The standard InChI is InChI=1S/C14H17N3S/c1-2-15-10-7-5-8-11-13(10)18-14(17-11)12-6-3-4-9-16-12/h3-4,6,9-10,15H,2,5,7-8H2,1H3. The largest absolute Gasteiger partial charge is 0.309 e. The van der Waals surface area contributed by atoms with Crippen LogP contribution in [-0.4, -0.2) is 16.5 Å². The second kappa shape index (κ2) is 5.16. The van der Waals surface area contributed by atoms with Gasteiger partial charge in [0.1, 0.15) is 5.01 Å². The number of hydrogen-bond acceptors (Lipinski definition) is 4. The molecule has 3 rings (SSSR count). The number of aryl methyl sites for hydroxylation is 1. The molecule has 2 aromatic heterocycles. The number of fused-ring (bicyclic) bond motifs is 1. The molecule has 0 amide bonds. The van der Waals surface area contributed by atoms with E-state index in [0.717, 1.165) is 23.7 Å². The Kier molecular flexibility index (Phi) is 3.39. The Hall–Kier alpha value is -1.26. The second-order valence-corrected chi connectivity index (χ2v) is 5.58. The van der Waals surface area contributed by atoms with Gasteiger partial charge in [0.15, 0.2) is 0 Å². The van der Waals surface area contributed by atoms with Crippen LogP contribution in [0.15, 0.2) is 24.4 Å². The zero-order chi connectivity index (χ0) is 12.4. The topological polar surface area (TPSA) is 37.8 Å². The van der Waals surface area contributed by atoms with E-state index in [1.165, 1.54) is 23.4 Å². The van der Waals surface area contributed by atoms with Crippen molar-refractivity contribution in [2.75, 3.05) is 6.54 Å². The summed E-state index contributed by atoms with van der Waals surface area (Å²) in [5.41, 5.74) is 2.27. The summed E-state index contributed by atoms with van der Waals surface area (Å²) in [5.74, 6) is 0. The molecule has 0 aliphatic heterocycles. The number of pyridine rings is 1. The average molecular weight is 259 g/mol. The van der Waals surface area contributed by atoms with Crippen LogP contribution in [-0.2, 0) is 6.42 Å². The number of nitrogens with one attached hydrogen (secondary N) is 1. The molecular weight excluding hydrogens is 242 g/mol. The Bertz CT molecular complexity index is 521. The summed E-state index contributed by atoms with van der Waals surface area (Å²) >= 11 is 1.80. The van der Waals surface area contributed by atoms with Crippen LogP contribution in [0.1, 0.15) is 36.4 Å². The van der Waals surface area contributed by atoms with Crippen molar-refractivity contribution in [2.24, 2.45) is 0 Å². The molecule has 1 atom stereocenters. The molecule has 3 nitrogen and oxygen atoms in total. The zero-order valence-corrected chi connectivity index (χ0v) is 11.3. The van der Waals surface area contributed by atoms with E-state index in [4.69, 9.17) is 4.98 Å². The van der Waals surface area contributed by atoms with E-state index >= 15 is 0 Å². The van der Waals surface area contributed by atoms with Crippen molar-refractivity contribution >= 4 is 11.3 Å². The molecule has 4 heteroatoms. The van der Waals surface area contributed by atoms with Gasteiger partial charge < -0.3 is 5.32 Å². The normalized spacial score (nSPS) is 18.6. The molecule has 2 aromatic rings. The fourth-order valence-electron chi connectivity index (χ4n) is 2.46. The number of nitrogens with zero attached hydrogens (tertiary/aromatic N) is 2. The maximum atomic E-state index is 4.77. The van der Waals surface area contributed by atoms with E-state index in [-0.39, 0.29) is 0 Å². The van der Waals surface area contributed by atoms with Crippen molar-refractivity contribution in [1.29, 1.82) is 0 Å². The van der Waals surface area contributed by atoms with Gasteiger partial charge >= 0.3 is 0 Å². The molecular formula is C14H17N3S. The molecule has 0 bridgehead atoms. The summed E-state index contributed by atoms with van der Waals surface area (Å²) in [6.45, 7) is 3.18. The minimum atomic E-state index is 0.494. The van der Waals surface area contributed by atoms with Crippen LogP contribution in [0.25, 0.3) is 10.7 Å². The van der Waals surface area contributed by atoms with Crippen molar-refractivity contribution in [3.8, 4) is 10.7 Å². The molecule has 0 saturated carbocycles. The van der Waals surface area contributed by atoms with Gasteiger partial charge in [-0.1, -0.05) is 13.0 Å². The molecule has 18 heavy (non-hydrogen) atoms. The summed E-state index contributed by atoms with van der Waals surface area (Å²) < 4.78 is 0. The Labute approximate surface area is 111 Å². The van der Waals surface area contributed by atoms with Gasteiger partial charge in [-0.25, -0.2) is 4.98 Å². The van der Waals surface area contributed by atoms with E-state index in [1.54, 1.807) is 11.3 Å². The fourth-order valence-corrected chi connectivity index (χ4v) is 3.66. The lowest BCUT2D eigenvalue weighted by Gasteiger charge is -2.21. The van der Waals surface area contributed by atoms with Crippen LogP contribution in [0, 0.1) is 0 Å². The number of rotatable bonds is 3. The highest BCUT2D eigenvalue weighted by Crippen LogP contribution is 2.37. The maximum Gasteiger partial charge on any atom is 0.142 e. The highest BCUT2D eigenvalue weighted by atomic mass is 32.1. The Morgan fingerprint density at radius 1 is 1.44 bits per heavy atom. The predicted molar refractivity (Wildman–Crippen MR) is 74.7 cm³/mol. The number of thiazole rings is 1. The summed E-state index contributed by atoms with van der Waals surface area (Å²) in [6, 6.07) is 6.49. The van der Waals surface area contributed by atoms with Gasteiger partial charge in [0.2, 0.25) is 0 Å². The van der Waals surface area contributed by atoms with Gasteiger partial charge in [-0.15, -0.1) is 11.3 Å². The zero-order valence-electron chi connectivity index (χ0n) is 10.5. The van der Waals surface area contributed by atoms with Crippen LogP contribution < -0.4 is 5.32 Å². The fraction of sp³-hybridized carbons (Fsp3) is 0.429. The van der Waals surface area contributed by atoms with Gasteiger partial charge in [0.05, 0.1) is 11.4 Å². The third-order valence-corrected chi connectivity index (χ3v) is 4.52. The van der Waals surface area contributed by atoms with E-state index < -0.39 is 0 Å². The third-order valence-electron chi connectivity index (χ3n) is 3.28. The van der Waals surface area contributed by atoms with Gasteiger partial charge in [-0.3, -0.25) is 4.98 Å². The quantitative estimate of drug-likeness (QED) is 0.920. The molecule has 94 valence electrons. The monoisotopic (exact) mass is 259 g/mol. The van der Waals surface area contributed by atoms with Crippen LogP contribution >= 0.6 is 11.3 Å². The van der Waals surface area contributed by atoms with Crippen LogP contribution in [0.3, 0.4) is 0 Å². The van der Waals surface area contributed by atoms with Crippen LogP contribution in [0.2, 0.25) is 0 Å². The Morgan fingerprint density at radius 2 is 2.39 bits per heavy atom. The van der Waals surface area contributed by atoms with Gasteiger partial charge in [-0.2, -0.15) is 0 Å². The van der Waals surface area contributed by atoms with Crippen molar-refractivity contribution in [2.45, 2.75) is 32.2 Å². The summed E-state index contributed by atoms with van der Waals surface area (Å²) in [6.07, 6.45) is 5.40. The summed E-state index contributed by atoms with van der Waals surface area (Å²) in [5, 5.41) is 4.62. The van der Waals surface area contributed by atoms with Crippen molar-refractivity contribution in [3.05, 3.63) is 35.0 Å². The average Bonchev–Trinajstić information content (AvgIpc) is 2.85. The molecule has 1 aliphatic rings. The Morgan fingerprint density at radius 3 is 3.17 bits per heavy atom. The molecule has 0 saturated heterocycles. The molecule has 0 fully saturated rings. The van der Waals surface area contributed by atoms with Crippen LogP contribution in [0.4, 0.5) is 0 Å². The maximum absolute atomic E-state index is 4.77. The molecule has 0 radical (unpaired) electrons. The first-order valence-corrected chi connectivity index (χ1v) is 7.34. The van der Waals surface area contributed by atoms with E-state index in [0.29, 0.717) is 6.04 Å². The highest BCUT2D eigenvalue weighted by Gasteiger charge is 2.24. The SMILES string of the molecule is CCNC1CCCc2nc(-c3ccccn3)sc21. The number of aromatic nitrogens is 2. The summed E-state index contributed by atoms with van der Waals surface area (Å²) in [4.78, 5) is 10.6. The van der Waals surface area contributed by atoms with Crippen LogP contribution in [0.5, 0.6) is 0 Å². The molecule has 1 aliphatic carbocycles. The molecule has 1 N–H and O–H groups in total. The lowest BCUT2D eigenvalue weighted by atomic mass is 9.98. The van der Waals surface area contributed by atoms with E-state index in [2.05, 4.69) is 17.2 Å². The highest BCUT2D eigenvalue weighted by molar-refractivity contribution is 7.15. The predicted octanol–water partition coefficient (Wildman–Crippen LogP) is 3.19. The lowest BCUT2D eigenvalue weighted by Crippen LogP contribution is -2.23. The molecule has 1 unspecified atom stereocenters. The lowest BCUT2D eigenvalue weighted by molar-refractivity contribution is 0.476. The first kappa shape index (κ1) is 11.8. The molecule has 2 heterocycles. The minimum absolute atomic E-state index is 0.494. The van der Waals surface area contributed by atoms with Crippen molar-refractivity contribution in [3.63, 3.8) is 0 Å². The smallest absolute Gasteiger partial charge is 0.142 e. The molecule has 0 aromatic carbocycles. The van der Waals surface area contributed by atoms with Crippen molar-refractivity contribution < 1.29 is 0 Å².